The second kappa shape index (κ2) is 7.43. The van der Waals surface area contributed by atoms with Crippen LogP contribution in [-0.2, 0) is 29.2 Å². The quantitative estimate of drug-likeness (QED) is 0.788. The lowest BCUT2D eigenvalue weighted by atomic mass is 9.95. The Morgan fingerprint density at radius 3 is 2.54 bits per heavy atom. The number of rotatable bonds is 4. The maximum atomic E-state index is 12.4. The lowest BCUT2D eigenvalue weighted by Gasteiger charge is -2.33. The zero-order chi connectivity index (χ0) is 18.1. The summed E-state index contributed by atoms with van der Waals surface area (Å²) < 4.78 is 24.9. The highest BCUT2D eigenvalue weighted by atomic mass is 32.2. The van der Waals surface area contributed by atoms with Gasteiger partial charge in [-0.05, 0) is 75.4 Å². The molecular weight excluding hydrogens is 350 g/mol. The van der Waals surface area contributed by atoms with E-state index >= 15 is 0 Å². The Morgan fingerprint density at radius 1 is 1.04 bits per heavy atom. The first kappa shape index (κ1) is 18.2. The van der Waals surface area contributed by atoms with E-state index in [-0.39, 0.29) is 5.56 Å². The number of nitrogens with zero attached hydrogens (tertiary/aromatic N) is 3. The fraction of sp³-hybridized carbons (Fsp3) is 0.789. The van der Waals surface area contributed by atoms with Crippen LogP contribution in [0.3, 0.4) is 0 Å². The van der Waals surface area contributed by atoms with Gasteiger partial charge in [0.2, 0.25) is 0 Å². The van der Waals surface area contributed by atoms with E-state index in [1.807, 2.05) is 0 Å². The minimum Gasteiger partial charge on any atom is -0.303 e. The largest absolute Gasteiger partial charge is 0.303 e. The average molecular weight is 380 g/mol. The molecule has 1 unspecified atom stereocenters. The molecule has 2 aliphatic heterocycles. The Bertz CT molecular complexity index is 810. The predicted molar refractivity (Wildman–Crippen MR) is 101 cm³/mol. The molecule has 4 rings (SSSR count). The molecule has 0 aromatic carbocycles. The van der Waals surface area contributed by atoms with Crippen molar-refractivity contribution < 1.29 is 8.42 Å². The van der Waals surface area contributed by atoms with E-state index in [0.717, 1.165) is 69.5 Å². The summed E-state index contributed by atoms with van der Waals surface area (Å²) in [5, 5.41) is 4.65. The van der Waals surface area contributed by atoms with E-state index in [1.165, 1.54) is 12.8 Å². The maximum absolute atomic E-state index is 12.4. The van der Waals surface area contributed by atoms with Crippen LogP contribution in [-0.4, -0.2) is 54.2 Å². The third-order valence-corrected chi connectivity index (χ3v) is 8.09. The van der Waals surface area contributed by atoms with Crippen LogP contribution in [0.2, 0.25) is 0 Å². The molecular formula is C19H29N3O3S. The topological polar surface area (TPSA) is 72.3 Å². The first-order chi connectivity index (χ1) is 12.5. The lowest BCUT2D eigenvalue weighted by Crippen LogP contribution is -2.39. The Hall–Kier alpha value is -1.21. The van der Waals surface area contributed by atoms with Gasteiger partial charge in [0, 0.05) is 19.2 Å². The average Bonchev–Trinajstić information content (AvgIpc) is 2.96. The third kappa shape index (κ3) is 4.19. The van der Waals surface area contributed by atoms with Crippen LogP contribution < -0.4 is 5.56 Å². The molecule has 0 N–H and O–H groups in total. The molecule has 144 valence electrons. The van der Waals surface area contributed by atoms with E-state index in [2.05, 4.69) is 10.00 Å². The molecule has 0 spiro atoms. The van der Waals surface area contributed by atoms with Crippen molar-refractivity contribution in [1.29, 1.82) is 0 Å². The molecule has 2 fully saturated rings. The molecule has 1 aromatic heterocycles. The van der Waals surface area contributed by atoms with Gasteiger partial charge in [0.1, 0.15) is 0 Å². The van der Waals surface area contributed by atoms with Gasteiger partial charge in [0.05, 0.1) is 17.2 Å². The number of hydrogen-bond donors (Lipinski definition) is 0. The summed E-state index contributed by atoms with van der Waals surface area (Å²) >= 11 is 0. The molecule has 3 aliphatic rings. The standard InChI is InChI=1S/C19H29N3O3S/c23-19-11-17-3-1-2-4-18(17)20-22(19)13-15-5-8-21(9-6-15)12-16-7-10-26(24,25)14-16/h11,15-16H,1-10,12-14H2. The summed E-state index contributed by atoms with van der Waals surface area (Å²) in [6.45, 7) is 3.63. The van der Waals surface area contributed by atoms with E-state index in [1.54, 1.807) is 10.7 Å². The second-order valence-electron chi connectivity index (χ2n) is 8.36. The van der Waals surface area contributed by atoms with Gasteiger partial charge in [0.25, 0.3) is 5.56 Å². The molecule has 1 atom stereocenters. The van der Waals surface area contributed by atoms with Crippen LogP contribution in [0.1, 0.15) is 43.4 Å². The molecule has 7 heteroatoms. The van der Waals surface area contributed by atoms with Crippen LogP contribution in [0, 0.1) is 11.8 Å². The van der Waals surface area contributed by atoms with Crippen molar-refractivity contribution in [3.63, 3.8) is 0 Å². The summed E-state index contributed by atoms with van der Waals surface area (Å²) in [5.74, 6) is 1.52. The normalized spacial score (nSPS) is 26.7. The number of aryl methyl sites for hydroxylation is 2. The van der Waals surface area contributed by atoms with Gasteiger partial charge in [-0.1, -0.05) is 0 Å². The van der Waals surface area contributed by atoms with Crippen LogP contribution in [0.15, 0.2) is 10.9 Å². The number of hydrogen-bond acceptors (Lipinski definition) is 5. The highest BCUT2D eigenvalue weighted by Crippen LogP contribution is 2.24. The van der Waals surface area contributed by atoms with Gasteiger partial charge >= 0.3 is 0 Å². The fourth-order valence-corrected chi connectivity index (χ4v) is 6.56. The second-order valence-corrected chi connectivity index (χ2v) is 10.6. The Labute approximate surface area is 155 Å². The van der Waals surface area contributed by atoms with Gasteiger partial charge in [-0.3, -0.25) is 4.79 Å². The smallest absolute Gasteiger partial charge is 0.267 e. The minimum atomic E-state index is -2.78. The van der Waals surface area contributed by atoms with Gasteiger partial charge in [-0.2, -0.15) is 5.10 Å². The molecule has 0 amide bonds. The summed E-state index contributed by atoms with van der Waals surface area (Å²) in [5.41, 5.74) is 2.32. The van der Waals surface area contributed by atoms with Crippen molar-refractivity contribution in [3.8, 4) is 0 Å². The minimum absolute atomic E-state index is 0.0456. The Balaban J connectivity index is 1.31. The zero-order valence-corrected chi connectivity index (χ0v) is 16.2. The van der Waals surface area contributed by atoms with Gasteiger partial charge in [-0.25, -0.2) is 13.1 Å². The molecule has 1 aromatic rings. The predicted octanol–water partition coefficient (Wildman–Crippen LogP) is 1.27. The van der Waals surface area contributed by atoms with Crippen molar-refractivity contribution >= 4 is 9.84 Å². The van der Waals surface area contributed by atoms with E-state index in [0.29, 0.717) is 23.3 Å². The third-order valence-electron chi connectivity index (χ3n) is 6.26. The van der Waals surface area contributed by atoms with Crippen molar-refractivity contribution in [2.75, 3.05) is 31.1 Å². The van der Waals surface area contributed by atoms with Crippen LogP contribution in [0.5, 0.6) is 0 Å². The fourth-order valence-electron chi connectivity index (χ4n) is 4.71. The van der Waals surface area contributed by atoms with Gasteiger partial charge in [-0.15, -0.1) is 0 Å². The lowest BCUT2D eigenvalue weighted by molar-refractivity contribution is 0.153. The number of piperidine rings is 1. The van der Waals surface area contributed by atoms with Crippen LogP contribution >= 0.6 is 0 Å². The van der Waals surface area contributed by atoms with Crippen molar-refractivity contribution in [2.45, 2.75) is 51.5 Å². The molecule has 1 aliphatic carbocycles. The van der Waals surface area contributed by atoms with E-state index in [9.17, 15) is 13.2 Å². The molecule has 26 heavy (non-hydrogen) atoms. The first-order valence-electron chi connectivity index (χ1n) is 10.0. The zero-order valence-electron chi connectivity index (χ0n) is 15.4. The van der Waals surface area contributed by atoms with E-state index < -0.39 is 9.84 Å². The Kier molecular flexibility index (Phi) is 5.19. The van der Waals surface area contributed by atoms with Gasteiger partial charge < -0.3 is 4.90 Å². The summed E-state index contributed by atoms with van der Waals surface area (Å²) in [6.07, 6.45) is 7.27. The number of sulfone groups is 1. The molecule has 2 saturated heterocycles. The maximum Gasteiger partial charge on any atom is 0.267 e. The number of aromatic nitrogens is 2. The molecule has 6 nitrogen and oxygen atoms in total. The van der Waals surface area contributed by atoms with Crippen molar-refractivity contribution in [1.82, 2.24) is 14.7 Å². The summed E-state index contributed by atoms with van der Waals surface area (Å²) in [6, 6.07) is 1.80. The van der Waals surface area contributed by atoms with Crippen LogP contribution in [0.4, 0.5) is 0 Å². The molecule has 3 heterocycles. The van der Waals surface area contributed by atoms with Gasteiger partial charge in [0.15, 0.2) is 9.84 Å². The highest BCUT2D eigenvalue weighted by molar-refractivity contribution is 7.91. The molecule has 0 bridgehead atoms. The summed E-state index contributed by atoms with van der Waals surface area (Å²) in [4.78, 5) is 14.8. The highest BCUT2D eigenvalue weighted by Gasteiger charge is 2.30. The number of likely N-dealkylation sites (tertiary alicyclic amines) is 1. The summed E-state index contributed by atoms with van der Waals surface area (Å²) in [7, 11) is -2.78. The molecule has 0 saturated carbocycles. The Morgan fingerprint density at radius 2 is 1.81 bits per heavy atom. The monoisotopic (exact) mass is 379 g/mol. The van der Waals surface area contributed by atoms with Crippen LogP contribution in [0.25, 0.3) is 0 Å². The van der Waals surface area contributed by atoms with Crippen molar-refractivity contribution in [3.05, 3.63) is 27.7 Å². The van der Waals surface area contributed by atoms with E-state index in [4.69, 9.17) is 0 Å². The molecule has 0 radical (unpaired) electrons. The first-order valence-corrected chi connectivity index (χ1v) is 11.8. The van der Waals surface area contributed by atoms with Crippen molar-refractivity contribution in [2.24, 2.45) is 11.8 Å². The SMILES string of the molecule is O=c1cc2c(nn1CC1CCN(CC3CCS(=O)(=O)C3)CC1)CCCC2. The number of fused-ring (bicyclic) bond motifs is 1.